The highest BCUT2D eigenvalue weighted by molar-refractivity contribution is 5.69. The summed E-state index contributed by atoms with van der Waals surface area (Å²) in [5.74, 6) is 6.15. The molecule has 0 saturated carbocycles. The summed E-state index contributed by atoms with van der Waals surface area (Å²) in [4.78, 5) is 25.6. The van der Waals surface area contributed by atoms with E-state index in [-0.39, 0.29) is 13.1 Å². The number of hydrogen-bond donors (Lipinski definition) is 5. The molecular weight excluding hydrogens is 606 g/mol. The molecular formula is C39H51N3O6. The van der Waals surface area contributed by atoms with Gasteiger partial charge in [-0.25, -0.2) is 9.59 Å². The summed E-state index contributed by atoms with van der Waals surface area (Å²) in [7, 11) is 0. The van der Waals surface area contributed by atoms with Gasteiger partial charge in [-0.2, -0.15) is 0 Å². The van der Waals surface area contributed by atoms with Gasteiger partial charge in [-0.15, -0.1) is 0 Å². The molecule has 48 heavy (non-hydrogen) atoms. The summed E-state index contributed by atoms with van der Waals surface area (Å²) >= 11 is 0. The van der Waals surface area contributed by atoms with E-state index in [4.69, 9.17) is 9.47 Å². The third-order valence-corrected chi connectivity index (χ3v) is 7.36. The van der Waals surface area contributed by atoms with Crippen molar-refractivity contribution in [3.63, 3.8) is 0 Å². The van der Waals surface area contributed by atoms with Gasteiger partial charge in [0.2, 0.25) is 0 Å². The standard InChI is InChI=1S/C39H51N3O6/c1-38(2,3)47-36(45)41-32(25-30-20-11-7-12-21-30)34(43)27-40-28-35(44)33(26-31-22-13-8-14-23-31)42-37(46)48-39(4,5)24-16-15-19-29-17-9-6-10-18-29/h6-14,17-18,20-23,32-35,40,43-44H,15,19,25-28H2,1-5H3,(H,41,45)(H,42,46)/t32-,33-,34+,35+/m0/s1. The van der Waals surface area contributed by atoms with Crippen molar-refractivity contribution in [2.24, 2.45) is 0 Å². The highest BCUT2D eigenvalue weighted by Crippen LogP contribution is 2.13. The van der Waals surface area contributed by atoms with Crippen LogP contribution in [0.25, 0.3) is 0 Å². The van der Waals surface area contributed by atoms with Gasteiger partial charge in [-0.05, 0) is 70.6 Å². The van der Waals surface area contributed by atoms with Gasteiger partial charge in [0.05, 0.1) is 24.3 Å². The van der Waals surface area contributed by atoms with Crippen molar-refractivity contribution in [2.75, 3.05) is 13.1 Å². The fraction of sp³-hybridized carbons (Fsp3) is 0.436. The predicted octanol–water partition coefficient (Wildman–Crippen LogP) is 5.19. The minimum atomic E-state index is -1.04. The molecule has 5 N–H and O–H groups in total. The van der Waals surface area contributed by atoms with E-state index in [0.717, 1.165) is 17.5 Å². The lowest BCUT2D eigenvalue weighted by atomic mass is 10.00. The van der Waals surface area contributed by atoms with Crippen LogP contribution in [0.2, 0.25) is 0 Å². The van der Waals surface area contributed by atoms with Crippen LogP contribution in [0.1, 0.15) is 57.7 Å². The zero-order chi connectivity index (χ0) is 35.0. The highest BCUT2D eigenvalue weighted by Gasteiger charge is 2.28. The quantitative estimate of drug-likeness (QED) is 0.142. The van der Waals surface area contributed by atoms with Gasteiger partial charge in [0, 0.05) is 19.5 Å². The number of benzene rings is 3. The largest absolute Gasteiger partial charge is 0.444 e. The SMILES string of the molecule is CC(C)(C)OC(=O)N[C@@H](Cc1ccccc1)[C@H](O)CNC[C@@H](O)[C@H](Cc1ccccc1)NC(=O)OC(C)(C)C#CCCc1ccccc1. The first-order chi connectivity index (χ1) is 22.8. The molecule has 3 aromatic carbocycles. The summed E-state index contributed by atoms with van der Waals surface area (Å²) in [6.07, 6.45) is -1.20. The van der Waals surface area contributed by atoms with Crippen LogP contribution in [0.5, 0.6) is 0 Å². The molecule has 0 bridgehead atoms. The average molecular weight is 658 g/mol. The molecule has 2 amide bonds. The molecule has 0 aromatic heterocycles. The van der Waals surface area contributed by atoms with E-state index < -0.39 is 47.7 Å². The summed E-state index contributed by atoms with van der Waals surface area (Å²) in [6, 6.07) is 27.7. The van der Waals surface area contributed by atoms with Crippen LogP contribution in [-0.4, -0.2) is 71.0 Å². The van der Waals surface area contributed by atoms with Crippen LogP contribution >= 0.6 is 0 Å². The molecule has 0 aliphatic carbocycles. The molecule has 0 radical (unpaired) electrons. The second-order valence-electron chi connectivity index (χ2n) is 13.4. The van der Waals surface area contributed by atoms with Gasteiger partial charge in [0.15, 0.2) is 5.60 Å². The molecule has 3 aromatic rings. The van der Waals surface area contributed by atoms with Crippen molar-refractivity contribution in [1.82, 2.24) is 16.0 Å². The van der Waals surface area contributed by atoms with Gasteiger partial charge in [0.1, 0.15) is 5.60 Å². The van der Waals surface area contributed by atoms with Crippen LogP contribution in [-0.2, 0) is 28.7 Å². The van der Waals surface area contributed by atoms with Crippen molar-refractivity contribution >= 4 is 12.2 Å². The van der Waals surface area contributed by atoms with Crippen LogP contribution in [0.4, 0.5) is 9.59 Å². The van der Waals surface area contributed by atoms with Crippen LogP contribution in [0.15, 0.2) is 91.0 Å². The van der Waals surface area contributed by atoms with Crippen LogP contribution in [0.3, 0.4) is 0 Å². The lowest BCUT2D eigenvalue weighted by Crippen LogP contribution is -2.53. The maximum Gasteiger partial charge on any atom is 0.408 e. The Balaban J connectivity index is 1.60. The lowest BCUT2D eigenvalue weighted by Gasteiger charge is -2.29. The number of hydrogen-bond acceptors (Lipinski definition) is 7. The predicted molar refractivity (Wildman–Crippen MR) is 188 cm³/mol. The number of aliphatic hydroxyl groups is 2. The van der Waals surface area contributed by atoms with E-state index in [1.54, 1.807) is 34.6 Å². The minimum absolute atomic E-state index is 0.0576. The number of amides is 2. The first kappa shape index (κ1) is 38.1. The van der Waals surface area contributed by atoms with Crippen LogP contribution in [0, 0.1) is 11.8 Å². The Bertz CT molecular complexity index is 1450. The molecule has 9 heteroatoms. The third-order valence-electron chi connectivity index (χ3n) is 7.36. The fourth-order valence-electron chi connectivity index (χ4n) is 4.99. The smallest absolute Gasteiger partial charge is 0.408 e. The van der Waals surface area contributed by atoms with Crippen molar-refractivity contribution < 1.29 is 29.3 Å². The normalized spacial score (nSPS) is 14.0. The topological polar surface area (TPSA) is 129 Å². The second kappa shape index (κ2) is 18.8. The van der Waals surface area contributed by atoms with Crippen molar-refractivity contribution in [1.29, 1.82) is 0 Å². The Morgan fingerprint density at radius 2 is 1.08 bits per heavy atom. The number of nitrogens with one attached hydrogen (secondary N) is 3. The first-order valence-electron chi connectivity index (χ1n) is 16.5. The summed E-state index contributed by atoms with van der Waals surface area (Å²) in [6.45, 7) is 8.90. The Kier molecular flexibility index (Phi) is 15.0. The molecule has 4 atom stereocenters. The maximum atomic E-state index is 13.0. The van der Waals surface area contributed by atoms with E-state index in [1.807, 2.05) is 78.9 Å². The molecule has 0 saturated heterocycles. The molecule has 0 fully saturated rings. The number of aliphatic hydroxyl groups excluding tert-OH is 2. The monoisotopic (exact) mass is 657 g/mol. The number of alkyl carbamates (subject to hydrolysis) is 2. The fourth-order valence-corrected chi connectivity index (χ4v) is 4.99. The first-order valence-corrected chi connectivity index (χ1v) is 16.5. The van der Waals surface area contributed by atoms with Gasteiger partial charge in [-0.1, -0.05) is 103 Å². The van der Waals surface area contributed by atoms with Crippen LogP contribution < -0.4 is 16.0 Å². The Morgan fingerprint density at radius 3 is 1.52 bits per heavy atom. The minimum Gasteiger partial charge on any atom is -0.444 e. The van der Waals surface area contributed by atoms with E-state index in [9.17, 15) is 19.8 Å². The summed E-state index contributed by atoms with van der Waals surface area (Å²) in [5, 5.41) is 31.1. The Labute approximate surface area is 285 Å². The molecule has 0 spiro atoms. The second-order valence-corrected chi connectivity index (χ2v) is 13.4. The van der Waals surface area contributed by atoms with Gasteiger partial charge >= 0.3 is 12.2 Å². The molecule has 0 aliphatic rings. The zero-order valence-electron chi connectivity index (χ0n) is 28.7. The van der Waals surface area contributed by atoms with Crippen molar-refractivity contribution in [2.45, 2.75) is 95.8 Å². The van der Waals surface area contributed by atoms with Gasteiger partial charge < -0.3 is 35.6 Å². The summed E-state index contributed by atoms with van der Waals surface area (Å²) in [5.41, 5.74) is 1.31. The average Bonchev–Trinajstić information content (AvgIpc) is 3.02. The number of aryl methyl sites for hydroxylation is 1. The molecule has 0 aliphatic heterocycles. The zero-order valence-corrected chi connectivity index (χ0v) is 28.7. The van der Waals surface area contributed by atoms with E-state index in [0.29, 0.717) is 19.3 Å². The Hall–Kier alpha value is -4.36. The maximum absolute atomic E-state index is 13.0. The molecule has 258 valence electrons. The Morgan fingerprint density at radius 1 is 0.667 bits per heavy atom. The van der Waals surface area contributed by atoms with Crippen molar-refractivity contribution in [3.8, 4) is 11.8 Å². The third kappa shape index (κ3) is 15.0. The molecule has 9 nitrogen and oxygen atoms in total. The lowest BCUT2D eigenvalue weighted by molar-refractivity contribution is 0.0414. The molecule has 0 unspecified atom stereocenters. The highest BCUT2D eigenvalue weighted by atomic mass is 16.6. The van der Waals surface area contributed by atoms with E-state index in [2.05, 4.69) is 39.9 Å². The number of carbonyl (C=O) groups excluding carboxylic acids is 2. The van der Waals surface area contributed by atoms with Gasteiger partial charge in [0.25, 0.3) is 0 Å². The molecule has 3 rings (SSSR count). The van der Waals surface area contributed by atoms with E-state index >= 15 is 0 Å². The number of ether oxygens (including phenoxy) is 2. The van der Waals surface area contributed by atoms with Gasteiger partial charge in [-0.3, -0.25) is 0 Å². The van der Waals surface area contributed by atoms with Crippen molar-refractivity contribution in [3.05, 3.63) is 108 Å². The molecule has 0 heterocycles. The number of carbonyl (C=O) groups is 2. The summed E-state index contributed by atoms with van der Waals surface area (Å²) < 4.78 is 11.1. The number of rotatable bonds is 15. The van der Waals surface area contributed by atoms with E-state index in [1.165, 1.54) is 5.56 Å².